The highest BCUT2D eigenvalue weighted by atomic mass is 16.6. The largest absolute Gasteiger partial charge is 0.483 e. The van der Waals surface area contributed by atoms with E-state index in [9.17, 15) is 20.3 Å². The zero-order chi connectivity index (χ0) is 14.0. The SMILES string of the molecule is C=CC1OC(c2ccncc2[N+](=O)[O-])=CC(O)C1O. The van der Waals surface area contributed by atoms with Crippen molar-refractivity contribution in [2.75, 3.05) is 0 Å². The lowest BCUT2D eigenvalue weighted by Crippen LogP contribution is -2.40. The Morgan fingerprint density at radius 2 is 2.26 bits per heavy atom. The number of nitro groups is 1. The maximum Gasteiger partial charge on any atom is 0.298 e. The van der Waals surface area contributed by atoms with Crippen molar-refractivity contribution in [1.29, 1.82) is 0 Å². The highest BCUT2D eigenvalue weighted by Crippen LogP contribution is 2.31. The first-order valence-corrected chi connectivity index (χ1v) is 5.50. The molecule has 3 unspecified atom stereocenters. The van der Waals surface area contributed by atoms with Gasteiger partial charge in [-0.15, -0.1) is 0 Å². The van der Waals surface area contributed by atoms with Gasteiger partial charge in [-0.25, -0.2) is 0 Å². The fourth-order valence-electron chi connectivity index (χ4n) is 1.78. The van der Waals surface area contributed by atoms with E-state index in [4.69, 9.17) is 4.74 Å². The minimum absolute atomic E-state index is 0.122. The predicted octanol–water partition coefficient (Wildman–Crippen LogP) is 0.637. The van der Waals surface area contributed by atoms with Gasteiger partial charge < -0.3 is 14.9 Å². The predicted molar refractivity (Wildman–Crippen MR) is 66.0 cm³/mol. The van der Waals surface area contributed by atoms with Gasteiger partial charge in [-0.3, -0.25) is 15.1 Å². The van der Waals surface area contributed by atoms with E-state index in [2.05, 4.69) is 11.6 Å². The first-order chi connectivity index (χ1) is 9.04. The van der Waals surface area contributed by atoms with E-state index in [0.717, 1.165) is 6.20 Å². The molecule has 2 rings (SSSR count). The molecular formula is C12H12N2O5. The molecule has 100 valence electrons. The van der Waals surface area contributed by atoms with Gasteiger partial charge in [0, 0.05) is 6.20 Å². The number of aliphatic hydroxyl groups is 2. The second-order valence-electron chi connectivity index (χ2n) is 3.98. The molecule has 1 aromatic heterocycles. The van der Waals surface area contributed by atoms with Crippen LogP contribution in [0.5, 0.6) is 0 Å². The third-order valence-corrected chi connectivity index (χ3v) is 2.77. The van der Waals surface area contributed by atoms with Crippen LogP contribution in [0.4, 0.5) is 5.69 Å². The van der Waals surface area contributed by atoms with E-state index in [0.29, 0.717) is 0 Å². The third-order valence-electron chi connectivity index (χ3n) is 2.77. The highest BCUT2D eigenvalue weighted by molar-refractivity contribution is 5.69. The van der Waals surface area contributed by atoms with Gasteiger partial charge in [0.05, 0.1) is 10.5 Å². The standard InChI is InChI=1S/C12H12N2O5/c1-2-10-12(16)9(15)5-11(19-10)7-3-4-13-6-8(7)14(17)18/h2-6,9-10,12,15-16H,1H2. The van der Waals surface area contributed by atoms with Crippen molar-refractivity contribution < 1.29 is 19.9 Å². The fourth-order valence-corrected chi connectivity index (χ4v) is 1.78. The Labute approximate surface area is 108 Å². The molecule has 19 heavy (non-hydrogen) atoms. The third kappa shape index (κ3) is 2.47. The van der Waals surface area contributed by atoms with Gasteiger partial charge >= 0.3 is 0 Å². The number of hydrogen-bond donors (Lipinski definition) is 2. The molecule has 7 nitrogen and oxygen atoms in total. The lowest BCUT2D eigenvalue weighted by Gasteiger charge is -2.30. The van der Waals surface area contributed by atoms with Crippen LogP contribution in [0.1, 0.15) is 5.56 Å². The molecule has 0 fully saturated rings. The molecule has 0 bridgehead atoms. The Bertz CT molecular complexity index is 543. The molecular weight excluding hydrogens is 252 g/mol. The molecule has 0 amide bonds. The molecule has 0 spiro atoms. The summed E-state index contributed by atoms with van der Waals surface area (Å²) in [5, 5.41) is 30.3. The Morgan fingerprint density at radius 1 is 1.53 bits per heavy atom. The van der Waals surface area contributed by atoms with Crippen LogP contribution < -0.4 is 0 Å². The number of hydrogen-bond acceptors (Lipinski definition) is 6. The topological polar surface area (TPSA) is 106 Å². The van der Waals surface area contributed by atoms with Crippen LogP contribution in [-0.4, -0.2) is 38.4 Å². The average Bonchev–Trinajstić information content (AvgIpc) is 2.41. The number of aromatic nitrogens is 1. The monoisotopic (exact) mass is 264 g/mol. The molecule has 7 heteroatoms. The van der Waals surface area contributed by atoms with Gasteiger partial charge in [-0.05, 0) is 18.2 Å². The van der Waals surface area contributed by atoms with Crippen LogP contribution in [0.25, 0.3) is 5.76 Å². The Balaban J connectivity index is 2.45. The summed E-state index contributed by atoms with van der Waals surface area (Å²) in [5.41, 5.74) is -0.0436. The van der Waals surface area contributed by atoms with Crippen LogP contribution in [0.15, 0.2) is 37.2 Å². The Morgan fingerprint density at radius 3 is 2.89 bits per heavy atom. The highest BCUT2D eigenvalue weighted by Gasteiger charge is 2.32. The number of ether oxygens (including phenoxy) is 1. The van der Waals surface area contributed by atoms with E-state index in [1.54, 1.807) is 0 Å². The van der Waals surface area contributed by atoms with Crippen molar-refractivity contribution in [3.05, 3.63) is 52.9 Å². The van der Waals surface area contributed by atoms with Crippen LogP contribution >= 0.6 is 0 Å². The number of pyridine rings is 1. The van der Waals surface area contributed by atoms with Crippen LogP contribution in [0.3, 0.4) is 0 Å². The fraction of sp³-hybridized carbons (Fsp3) is 0.250. The molecule has 0 aliphatic carbocycles. The van der Waals surface area contributed by atoms with Gasteiger partial charge in [0.2, 0.25) is 0 Å². The minimum Gasteiger partial charge on any atom is -0.483 e. The zero-order valence-electron chi connectivity index (χ0n) is 9.84. The van der Waals surface area contributed by atoms with Crippen LogP contribution in [0, 0.1) is 10.1 Å². The summed E-state index contributed by atoms with van der Waals surface area (Å²) in [4.78, 5) is 14.0. The van der Waals surface area contributed by atoms with Crippen molar-refractivity contribution in [2.24, 2.45) is 0 Å². The second-order valence-corrected chi connectivity index (χ2v) is 3.98. The molecule has 2 N–H and O–H groups in total. The molecule has 1 aliphatic heterocycles. The summed E-state index contributed by atoms with van der Waals surface area (Å²) < 4.78 is 5.40. The van der Waals surface area contributed by atoms with Crippen molar-refractivity contribution in [3.63, 3.8) is 0 Å². The Kier molecular flexibility index (Phi) is 3.59. The number of rotatable bonds is 3. The smallest absolute Gasteiger partial charge is 0.298 e. The lowest BCUT2D eigenvalue weighted by atomic mass is 10.0. The first kappa shape index (κ1) is 13.2. The zero-order valence-corrected chi connectivity index (χ0v) is 9.84. The molecule has 0 radical (unpaired) electrons. The molecule has 3 atom stereocenters. The second kappa shape index (κ2) is 5.17. The van der Waals surface area contributed by atoms with Gasteiger partial charge in [-0.2, -0.15) is 0 Å². The molecule has 1 aliphatic rings. The van der Waals surface area contributed by atoms with E-state index < -0.39 is 23.2 Å². The summed E-state index contributed by atoms with van der Waals surface area (Å²) in [5.74, 6) is 0.122. The summed E-state index contributed by atoms with van der Waals surface area (Å²) in [6.07, 6.45) is 1.87. The van der Waals surface area contributed by atoms with Gasteiger partial charge in [0.1, 0.15) is 30.3 Å². The van der Waals surface area contributed by atoms with Crippen LogP contribution in [0.2, 0.25) is 0 Å². The quantitative estimate of drug-likeness (QED) is 0.471. The number of aliphatic hydroxyl groups excluding tert-OH is 2. The average molecular weight is 264 g/mol. The first-order valence-electron chi connectivity index (χ1n) is 5.50. The Hall–Kier alpha value is -2.25. The number of nitrogens with zero attached hydrogens (tertiary/aromatic N) is 2. The maximum absolute atomic E-state index is 10.9. The molecule has 0 saturated heterocycles. The summed E-state index contributed by atoms with van der Waals surface area (Å²) in [6, 6.07) is 1.41. The summed E-state index contributed by atoms with van der Waals surface area (Å²) in [7, 11) is 0. The van der Waals surface area contributed by atoms with E-state index in [1.807, 2.05) is 0 Å². The molecule has 0 aromatic carbocycles. The lowest BCUT2D eigenvalue weighted by molar-refractivity contribution is -0.385. The van der Waals surface area contributed by atoms with Crippen molar-refractivity contribution in [1.82, 2.24) is 4.98 Å². The maximum atomic E-state index is 10.9. The molecule has 0 saturated carbocycles. The molecule has 1 aromatic rings. The van der Waals surface area contributed by atoms with Crippen molar-refractivity contribution in [2.45, 2.75) is 18.3 Å². The molecule has 2 heterocycles. The normalized spacial score (nSPS) is 26.2. The van der Waals surface area contributed by atoms with Gasteiger partial charge in [0.15, 0.2) is 0 Å². The van der Waals surface area contributed by atoms with Crippen molar-refractivity contribution >= 4 is 11.4 Å². The summed E-state index contributed by atoms with van der Waals surface area (Å²) in [6.45, 7) is 3.49. The van der Waals surface area contributed by atoms with Crippen LogP contribution in [-0.2, 0) is 4.74 Å². The van der Waals surface area contributed by atoms with Gasteiger partial charge in [-0.1, -0.05) is 6.58 Å². The minimum atomic E-state index is -1.18. The van der Waals surface area contributed by atoms with Crippen molar-refractivity contribution in [3.8, 4) is 0 Å². The van der Waals surface area contributed by atoms with E-state index in [1.165, 1.54) is 24.4 Å². The summed E-state index contributed by atoms with van der Waals surface area (Å²) >= 11 is 0. The van der Waals surface area contributed by atoms with E-state index >= 15 is 0 Å². The van der Waals surface area contributed by atoms with Gasteiger partial charge in [0.25, 0.3) is 5.69 Å². The van der Waals surface area contributed by atoms with E-state index in [-0.39, 0.29) is 17.0 Å².